The van der Waals surface area contributed by atoms with Gasteiger partial charge in [0.25, 0.3) is 0 Å². The van der Waals surface area contributed by atoms with Crippen LogP contribution in [0.15, 0.2) is 23.8 Å². The van der Waals surface area contributed by atoms with Crippen molar-refractivity contribution in [3.63, 3.8) is 0 Å². The van der Waals surface area contributed by atoms with Crippen LogP contribution >= 0.6 is 23.1 Å². The summed E-state index contributed by atoms with van der Waals surface area (Å²) in [5.74, 6) is 0.914. The Morgan fingerprint density at radius 1 is 1.40 bits per heavy atom. The third-order valence-corrected chi connectivity index (χ3v) is 5.47. The van der Waals surface area contributed by atoms with Crippen LogP contribution < -0.4 is 10.1 Å². The zero-order chi connectivity index (χ0) is 17.5. The molecule has 2 aromatic rings. The minimum absolute atomic E-state index is 0.0474. The zero-order valence-corrected chi connectivity index (χ0v) is 15.7. The third kappa shape index (κ3) is 5.30. The van der Waals surface area contributed by atoms with Gasteiger partial charge in [0.15, 0.2) is 0 Å². The molecule has 1 saturated heterocycles. The van der Waals surface area contributed by atoms with Crippen molar-refractivity contribution in [1.29, 1.82) is 0 Å². The van der Waals surface area contributed by atoms with Crippen molar-refractivity contribution in [2.75, 3.05) is 19.3 Å². The highest BCUT2D eigenvalue weighted by Crippen LogP contribution is 2.17. The van der Waals surface area contributed by atoms with E-state index in [1.807, 2.05) is 10.3 Å². The standard InChI is InChI=1S/C16H21N5O2S2/c1-24-11-14-20-12(10-25-14)9-19-16(22)21-7-3-13(4-8-21)23-15-17-5-2-6-18-15/h2,5-6,10,13H,3-4,7-9,11H2,1H3,(H,19,22). The summed E-state index contributed by atoms with van der Waals surface area (Å²) >= 11 is 3.38. The minimum atomic E-state index is -0.0474. The molecule has 134 valence electrons. The molecule has 1 fully saturated rings. The molecular weight excluding hydrogens is 358 g/mol. The number of aromatic nitrogens is 3. The molecule has 0 aromatic carbocycles. The Kier molecular flexibility index (Phi) is 6.46. The van der Waals surface area contributed by atoms with Gasteiger partial charge in [-0.05, 0) is 12.3 Å². The van der Waals surface area contributed by atoms with Gasteiger partial charge in [0.1, 0.15) is 11.1 Å². The number of amides is 2. The largest absolute Gasteiger partial charge is 0.460 e. The van der Waals surface area contributed by atoms with Gasteiger partial charge >= 0.3 is 12.0 Å². The van der Waals surface area contributed by atoms with Crippen molar-refractivity contribution < 1.29 is 9.53 Å². The summed E-state index contributed by atoms with van der Waals surface area (Å²) in [7, 11) is 0. The summed E-state index contributed by atoms with van der Waals surface area (Å²) in [6.07, 6.45) is 6.99. The zero-order valence-electron chi connectivity index (χ0n) is 14.1. The maximum absolute atomic E-state index is 12.3. The number of hydrogen-bond acceptors (Lipinski definition) is 7. The lowest BCUT2D eigenvalue weighted by Gasteiger charge is -2.31. The van der Waals surface area contributed by atoms with Crippen LogP contribution in [0.4, 0.5) is 4.79 Å². The number of thiazole rings is 1. The predicted molar refractivity (Wildman–Crippen MR) is 98.8 cm³/mol. The maximum atomic E-state index is 12.3. The lowest BCUT2D eigenvalue weighted by molar-refractivity contribution is 0.103. The van der Waals surface area contributed by atoms with Crippen molar-refractivity contribution in [3.8, 4) is 6.01 Å². The van der Waals surface area contributed by atoms with E-state index >= 15 is 0 Å². The molecule has 1 N–H and O–H groups in total. The SMILES string of the molecule is CSCc1nc(CNC(=O)N2CCC(Oc3ncccn3)CC2)cs1. The number of urea groups is 1. The minimum Gasteiger partial charge on any atom is -0.460 e. The molecule has 0 unspecified atom stereocenters. The number of rotatable bonds is 6. The average molecular weight is 380 g/mol. The molecule has 0 bridgehead atoms. The van der Waals surface area contributed by atoms with Gasteiger partial charge in [-0.1, -0.05) is 0 Å². The van der Waals surface area contributed by atoms with Gasteiger partial charge in [0.05, 0.1) is 12.2 Å². The number of nitrogens with one attached hydrogen (secondary N) is 1. The topological polar surface area (TPSA) is 80.2 Å². The van der Waals surface area contributed by atoms with Crippen molar-refractivity contribution in [2.24, 2.45) is 0 Å². The Bertz CT molecular complexity index is 674. The van der Waals surface area contributed by atoms with E-state index in [2.05, 4.69) is 26.5 Å². The number of likely N-dealkylation sites (tertiary alicyclic amines) is 1. The van der Waals surface area contributed by atoms with E-state index in [0.717, 1.165) is 29.3 Å². The van der Waals surface area contributed by atoms with E-state index < -0.39 is 0 Å². The first-order valence-electron chi connectivity index (χ1n) is 8.13. The fraction of sp³-hybridized carbons (Fsp3) is 0.500. The molecule has 3 heterocycles. The van der Waals surface area contributed by atoms with Crippen molar-refractivity contribution >= 4 is 29.1 Å². The summed E-state index contributed by atoms with van der Waals surface area (Å²) in [6, 6.07) is 2.11. The van der Waals surface area contributed by atoms with Gasteiger partial charge in [-0.2, -0.15) is 11.8 Å². The molecule has 7 nitrogen and oxygen atoms in total. The first kappa shape index (κ1) is 17.9. The number of carbonyl (C=O) groups is 1. The van der Waals surface area contributed by atoms with Gasteiger partial charge < -0.3 is 15.0 Å². The molecule has 0 atom stereocenters. The molecular formula is C16H21N5O2S2. The molecule has 0 aliphatic carbocycles. The first-order valence-corrected chi connectivity index (χ1v) is 10.4. The lowest BCUT2D eigenvalue weighted by atomic mass is 10.1. The summed E-state index contributed by atoms with van der Waals surface area (Å²) in [5.41, 5.74) is 0.918. The Morgan fingerprint density at radius 3 is 2.88 bits per heavy atom. The fourth-order valence-corrected chi connectivity index (χ4v) is 4.09. The van der Waals surface area contributed by atoms with E-state index in [1.54, 1.807) is 41.6 Å². The maximum Gasteiger partial charge on any atom is 0.317 e. The van der Waals surface area contributed by atoms with Crippen molar-refractivity contribution in [2.45, 2.75) is 31.2 Å². The van der Waals surface area contributed by atoms with Crippen LogP contribution in [0.5, 0.6) is 6.01 Å². The molecule has 2 amide bonds. The summed E-state index contributed by atoms with van der Waals surface area (Å²) in [4.78, 5) is 26.8. The number of carbonyl (C=O) groups excluding carboxylic acids is 1. The van der Waals surface area contributed by atoms with Crippen LogP contribution in [-0.4, -0.2) is 51.3 Å². The van der Waals surface area contributed by atoms with Crippen LogP contribution in [0.2, 0.25) is 0 Å². The van der Waals surface area contributed by atoms with E-state index in [0.29, 0.717) is 25.6 Å². The van der Waals surface area contributed by atoms with Gasteiger partial charge in [0.2, 0.25) is 0 Å². The Hall–Kier alpha value is -1.87. The van der Waals surface area contributed by atoms with Crippen molar-refractivity contribution in [3.05, 3.63) is 34.5 Å². The van der Waals surface area contributed by atoms with E-state index in [9.17, 15) is 4.79 Å². The molecule has 1 aliphatic rings. The number of hydrogen-bond donors (Lipinski definition) is 1. The Morgan fingerprint density at radius 2 is 2.16 bits per heavy atom. The average Bonchev–Trinajstić information content (AvgIpc) is 3.09. The summed E-state index contributed by atoms with van der Waals surface area (Å²) in [6.45, 7) is 1.80. The number of piperidine rings is 1. The van der Waals surface area contributed by atoms with Crippen molar-refractivity contribution in [1.82, 2.24) is 25.2 Å². The van der Waals surface area contributed by atoms with Gasteiger partial charge in [-0.3, -0.25) is 0 Å². The van der Waals surface area contributed by atoms with Crippen LogP contribution in [0, 0.1) is 0 Å². The highest BCUT2D eigenvalue weighted by atomic mass is 32.2. The van der Waals surface area contributed by atoms with Gasteiger partial charge in [-0.15, -0.1) is 11.3 Å². The van der Waals surface area contributed by atoms with Gasteiger partial charge in [0, 0.05) is 49.5 Å². The second-order valence-electron chi connectivity index (χ2n) is 5.66. The lowest BCUT2D eigenvalue weighted by Crippen LogP contribution is -2.46. The molecule has 0 saturated carbocycles. The second kappa shape index (κ2) is 9.00. The monoisotopic (exact) mass is 379 g/mol. The van der Waals surface area contributed by atoms with Crippen LogP contribution in [0.1, 0.15) is 23.5 Å². The molecule has 0 spiro atoms. The summed E-state index contributed by atoms with van der Waals surface area (Å²) in [5, 5.41) is 6.05. The summed E-state index contributed by atoms with van der Waals surface area (Å²) < 4.78 is 5.75. The van der Waals surface area contributed by atoms with Gasteiger partial charge in [-0.25, -0.2) is 19.7 Å². The normalized spacial score (nSPS) is 15.2. The van der Waals surface area contributed by atoms with Crippen LogP contribution in [0.25, 0.3) is 0 Å². The van der Waals surface area contributed by atoms with Crippen LogP contribution in [0.3, 0.4) is 0 Å². The van der Waals surface area contributed by atoms with E-state index in [4.69, 9.17) is 4.74 Å². The smallest absolute Gasteiger partial charge is 0.317 e. The van der Waals surface area contributed by atoms with Crippen LogP contribution in [-0.2, 0) is 12.3 Å². The second-order valence-corrected chi connectivity index (χ2v) is 7.47. The fourth-order valence-electron chi connectivity index (χ4n) is 2.57. The predicted octanol–water partition coefficient (Wildman–Crippen LogP) is 2.55. The first-order chi connectivity index (χ1) is 12.2. The molecule has 3 rings (SSSR count). The molecule has 25 heavy (non-hydrogen) atoms. The molecule has 2 aromatic heterocycles. The Labute approximate surface area is 155 Å². The Balaban J connectivity index is 1.40. The highest BCUT2D eigenvalue weighted by molar-refractivity contribution is 7.97. The number of thioether (sulfide) groups is 1. The number of ether oxygens (including phenoxy) is 1. The number of nitrogens with zero attached hydrogens (tertiary/aromatic N) is 4. The third-order valence-electron chi connectivity index (χ3n) is 3.83. The van der Waals surface area contributed by atoms with E-state index in [1.165, 1.54) is 0 Å². The molecule has 1 aliphatic heterocycles. The highest BCUT2D eigenvalue weighted by Gasteiger charge is 2.24. The molecule has 9 heteroatoms. The van der Waals surface area contributed by atoms with E-state index in [-0.39, 0.29) is 12.1 Å². The molecule has 0 radical (unpaired) electrons. The quantitative estimate of drug-likeness (QED) is 0.831.